The Hall–Kier alpha value is -1.55. The number of rotatable bonds is 4. The van der Waals surface area contributed by atoms with Crippen molar-refractivity contribution in [1.29, 1.82) is 0 Å². The van der Waals surface area contributed by atoms with Crippen LogP contribution in [-0.4, -0.2) is 30.7 Å². The van der Waals surface area contributed by atoms with Crippen LogP contribution >= 0.6 is 0 Å². The van der Waals surface area contributed by atoms with Crippen LogP contribution in [0.4, 0.5) is 0 Å². The summed E-state index contributed by atoms with van der Waals surface area (Å²) in [5.41, 5.74) is 0.434. The molecule has 0 aliphatic rings. The molecule has 0 aliphatic carbocycles. The van der Waals surface area contributed by atoms with E-state index in [-0.39, 0.29) is 5.75 Å². The van der Waals surface area contributed by atoms with E-state index in [1.54, 1.807) is 12.1 Å². The lowest BCUT2D eigenvalue weighted by atomic mass is 10.2. The number of hydrogen-bond donors (Lipinski definition) is 1. The van der Waals surface area contributed by atoms with Gasteiger partial charge in [0.15, 0.2) is 11.5 Å². The number of carbonyl (C=O) groups excluding carboxylic acids is 1. The zero-order valence-electron chi connectivity index (χ0n) is 11.6. The van der Waals surface area contributed by atoms with Crippen LogP contribution in [0, 0.1) is 0 Å². The normalized spacial score (nSPS) is 9.94. The van der Waals surface area contributed by atoms with Crippen molar-refractivity contribution in [3.63, 3.8) is 0 Å². The van der Waals surface area contributed by atoms with Gasteiger partial charge in [-0.05, 0) is 45.9 Å². The van der Waals surface area contributed by atoms with Crippen molar-refractivity contribution in [2.45, 2.75) is 39.9 Å². The van der Waals surface area contributed by atoms with Crippen molar-refractivity contribution in [2.24, 2.45) is 0 Å². The van der Waals surface area contributed by atoms with Gasteiger partial charge in [0, 0.05) is 5.56 Å². The molecule has 0 aliphatic heterocycles. The Bertz CT molecular complexity index is 353. The molecular formula is C14H22O4. The Morgan fingerprint density at radius 1 is 1.17 bits per heavy atom. The average molecular weight is 254 g/mol. The highest BCUT2D eigenvalue weighted by Crippen LogP contribution is 2.25. The van der Waals surface area contributed by atoms with Crippen LogP contribution in [0.25, 0.3) is 0 Å². The Morgan fingerprint density at radius 2 is 1.72 bits per heavy atom. The number of phenols is 1. The minimum absolute atomic E-state index is 0.0166. The lowest BCUT2D eigenvalue weighted by molar-refractivity contribution is 0.0300. The molecule has 0 heterocycles. The summed E-state index contributed by atoms with van der Waals surface area (Å²) in [6, 6.07) is 4.47. The molecular weight excluding hydrogens is 232 g/mol. The van der Waals surface area contributed by atoms with E-state index in [4.69, 9.17) is 14.6 Å². The van der Waals surface area contributed by atoms with Gasteiger partial charge in [-0.15, -0.1) is 0 Å². The van der Waals surface area contributed by atoms with Gasteiger partial charge in [0.2, 0.25) is 0 Å². The summed E-state index contributed by atoms with van der Waals surface area (Å²) in [6.45, 7) is 8.17. The standard InChI is InChI=1S/C8H8O3.C6H14O/c1-11-8-3-2-6(5-9)4-7(8)10;1-5(2)7-6(3)4/h2-5,10H,1H3;5-6H,1-4H3. The summed E-state index contributed by atoms with van der Waals surface area (Å²) in [5.74, 6) is 0.354. The molecule has 0 radical (unpaired) electrons. The highest BCUT2D eigenvalue weighted by Gasteiger charge is 2.00. The predicted octanol–water partition coefficient (Wildman–Crippen LogP) is 3.03. The highest BCUT2D eigenvalue weighted by molar-refractivity contribution is 5.76. The van der Waals surface area contributed by atoms with E-state index in [1.165, 1.54) is 13.2 Å². The van der Waals surface area contributed by atoms with Gasteiger partial charge in [0.25, 0.3) is 0 Å². The van der Waals surface area contributed by atoms with Gasteiger partial charge in [0.05, 0.1) is 19.3 Å². The van der Waals surface area contributed by atoms with E-state index in [1.807, 2.05) is 27.7 Å². The number of phenolic OH excluding ortho intramolecular Hbond substituents is 1. The molecule has 1 N–H and O–H groups in total. The van der Waals surface area contributed by atoms with Gasteiger partial charge in [0.1, 0.15) is 6.29 Å². The number of aldehydes is 1. The Kier molecular flexibility index (Phi) is 7.79. The second-order valence-corrected chi connectivity index (χ2v) is 4.28. The zero-order chi connectivity index (χ0) is 14.1. The van der Waals surface area contributed by atoms with Gasteiger partial charge in [-0.2, -0.15) is 0 Å². The van der Waals surface area contributed by atoms with E-state index in [0.29, 0.717) is 29.8 Å². The van der Waals surface area contributed by atoms with E-state index in [2.05, 4.69) is 0 Å². The third kappa shape index (κ3) is 6.91. The highest BCUT2D eigenvalue weighted by atomic mass is 16.5. The average Bonchev–Trinajstić information content (AvgIpc) is 2.27. The molecule has 0 bridgehead atoms. The summed E-state index contributed by atoms with van der Waals surface area (Å²) in [6.07, 6.45) is 1.42. The maximum absolute atomic E-state index is 10.2. The van der Waals surface area contributed by atoms with Crippen LogP contribution in [0.3, 0.4) is 0 Å². The first-order chi connectivity index (χ1) is 8.40. The summed E-state index contributed by atoms with van der Waals surface area (Å²) in [4.78, 5) is 10.2. The molecule has 0 fully saturated rings. The number of ether oxygens (including phenoxy) is 2. The number of aromatic hydroxyl groups is 1. The number of hydrogen-bond acceptors (Lipinski definition) is 4. The molecule has 0 saturated heterocycles. The molecule has 1 aromatic carbocycles. The van der Waals surface area contributed by atoms with Gasteiger partial charge in [-0.1, -0.05) is 0 Å². The van der Waals surface area contributed by atoms with Gasteiger partial charge >= 0.3 is 0 Å². The summed E-state index contributed by atoms with van der Waals surface area (Å²) in [5, 5.41) is 9.14. The van der Waals surface area contributed by atoms with Crippen LogP contribution in [0.5, 0.6) is 11.5 Å². The summed E-state index contributed by atoms with van der Waals surface area (Å²) in [7, 11) is 1.45. The molecule has 1 aromatic rings. The van der Waals surface area contributed by atoms with E-state index in [0.717, 1.165) is 0 Å². The number of methoxy groups -OCH3 is 1. The SMILES string of the molecule is CC(C)OC(C)C.COc1ccc(C=O)cc1O. The monoisotopic (exact) mass is 254 g/mol. The molecule has 102 valence electrons. The molecule has 4 nitrogen and oxygen atoms in total. The van der Waals surface area contributed by atoms with Crippen LogP contribution < -0.4 is 4.74 Å². The van der Waals surface area contributed by atoms with Crippen LogP contribution in [0.2, 0.25) is 0 Å². The predicted molar refractivity (Wildman–Crippen MR) is 71.4 cm³/mol. The third-order valence-corrected chi connectivity index (χ3v) is 1.88. The molecule has 18 heavy (non-hydrogen) atoms. The molecule has 0 saturated carbocycles. The molecule has 0 amide bonds. The smallest absolute Gasteiger partial charge is 0.160 e. The van der Waals surface area contributed by atoms with E-state index >= 15 is 0 Å². The number of carbonyl (C=O) groups is 1. The Labute approximate surface area is 109 Å². The Balaban J connectivity index is 0.000000360. The van der Waals surface area contributed by atoms with Crippen LogP contribution in [-0.2, 0) is 4.74 Å². The van der Waals surface area contributed by atoms with Crippen molar-refractivity contribution in [1.82, 2.24) is 0 Å². The van der Waals surface area contributed by atoms with Crippen molar-refractivity contribution < 1.29 is 19.4 Å². The molecule has 0 spiro atoms. The van der Waals surface area contributed by atoms with Gasteiger partial charge in [-0.3, -0.25) is 4.79 Å². The summed E-state index contributed by atoms with van der Waals surface area (Å²) >= 11 is 0. The first-order valence-electron chi connectivity index (χ1n) is 5.88. The van der Waals surface area contributed by atoms with Crippen molar-refractivity contribution >= 4 is 6.29 Å². The molecule has 0 atom stereocenters. The quantitative estimate of drug-likeness (QED) is 0.839. The fourth-order valence-corrected chi connectivity index (χ4v) is 1.32. The Morgan fingerprint density at radius 3 is 2.00 bits per heavy atom. The maximum atomic E-state index is 10.2. The fourth-order valence-electron chi connectivity index (χ4n) is 1.32. The van der Waals surface area contributed by atoms with E-state index in [9.17, 15) is 4.79 Å². The molecule has 1 rings (SSSR count). The topological polar surface area (TPSA) is 55.8 Å². The third-order valence-electron chi connectivity index (χ3n) is 1.88. The maximum Gasteiger partial charge on any atom is 0.160 e. The lowest BCUT2D eigenvalue weighted by Gasteiger charge is -2.09. The molecule has 4 heteroatoms. The zero-order valence-corrected chi connectivity index (χ0v) is 11.6. The van der Waals surface area contributed by atoms with Gasteiger partial charge < -0.3 is 14.6 Å². The van der Waals surface area contributed by atoms with E-state index < -0.39 is 0 Å². The summed E-state index contributed by atoms with van der Waals surface area (Å²) < 4.78 is 10.0. The van der Waals surface area contributed by atoms with Crippen molar-refractivity contribution in [2.75, 3.05) is 7.11 Å². The van der Waals surface area contributed by atoms with Crippen LogP contribution in [0.15, 0.2) is 18.2 Å². The van der Waals surface area contributed by atoms with Crippen molar-refractivity contribution in [3.8, 4) is 11.5 Å². The fraction of sp³-hybridized carbons (Fsp3) is 0.500. The molecule has 0 aromatic heterocycles. The van der Waals surface area contributed by atoms with Crippen LogP contribution in [0.1, 0.15) is 38.1 Å². The van der Waals surface area contributed by atoms with Crippen molar-refractivity contribution in [3.05, 3.63) is 23.8 Å². The second kappa shape index (κ2) is 8.53. The number of benzene rings is 1. The second-order valence-electron chi connectivity index (χ2n) is 4.28. The molecule has 0 unspecified atom stereocenters. The first kappa shape index (κ1) is 16.4. The largest absolute Gasteiger partial charge is 0.504 e. The first-order valence-corrected chi connectivity index (χ1v) is 5.88. The van der Waals surface area contributed by atoms with Gasteiger partial charge in [-0.25, -0.2) is 0 Å². The minimum Gasteiger partial charge on any atom is -0.504 e. The lowest BCUT2D eigenvalue weighted by Crippen LogP contribution is -2.09. The minimum atomic E-state index is -0.0166.